The van der Waals surface area contributed by atoms with Crippen LogP contribution in [0.1, 0.15) is 55.5 Å². The molecule has 0 amide bonds. The predicted octanol–water partition coefficient (Wildman–Crippen LogP) is 6.01. The topological polar surface area (TPSA) is 62.4 Å². The van der Waals surface area contributed by atoms with E-state index in [1.165, 1.54) is 49.8 Å². The molecule has 7 rings (SSSR count). The average Bonchev–Trinajstić information content (AvgIpc) is 3.44. The van der Waals surface area contributed by atoms with Gasteiger partial charge in [-0.05, 0) is 86.1 Å². The maximum atomic E-state index is 5.69. The Labute approximate surface area is 195 Å². The Hall–Kier alpha value is -2.95. The molecule has 0 unspecified atom stereocenters. The Kier molecular flexibility index (Phi) is 5.08. The molecule has 4 saturated carbocycles. The van der Waals surface area contributed by atoms with E-state index in [0.29, 0.717) is 0 Å². The summed E-state index contributed by atoms with van der Waals surface area (Å²) in [6.45, 7) is 0. The smallest absolute Gasteiger partial charge is 0.146 e. The maximum Gasteiger partial charge on any atom is 0.146 e. The summed E-state index contributed by atoms with van der Waals surface area (Å²) >= 11 is 0. The van der Waals surface area contributed by atoms with Crippen molar-refractivity contribution in [2.24, 2.45) is 22.7 Å². The van der Waals surface area contributed by atoms with E-state index in [-0.39, 0.29) is 5.54 Å². The highest BCUT2D eigenvalue weighted by Gasteiger charge is 2.50. The van der Waals surface area contributed by atoms with Gasteiger partial charge < -0.3 is 19.4 Å². The molecule has 0 saturated heterocycles. The Bertz CT molecular complexity index is 1120. The van der Waals surface area contributed by atoms with Crippen LogP contribution in [0.25, 0.3) is 11.4 Å². The molecule has 0 spiro atoms. The van der Waals surface area contributed by atoms with Crippen molar-refractivity contribution in [2.45, 2.75) is 50.5 Å². The lowest BCUT2D eigenvalue weighted by molar-refractivity contribution is 0.00194. The van der Waals surface area contributed by atoms with Gasteiger partial charge in [-0.2, -0.15) is 0 Å². The lowest BCUT2D eigenvalue weighted by atomic mass is 9.53. The highest BCUT2D eigenvalue weighted by molar-refractivity contribution is 5.84. The van der Waals surface area contributed by atoms with Crippen LogP contribution in [0.5, 0.6) is 11.5 Å². The second-order valence-electron chi connectivity index (χ2n) is 10.5. The van der Waals surface area contributed by atoms with Gasteiger partial charge in [0, 0.05) is 24.4 Å². The lowest BCUT2D eigenvalue weighted by Gasteiger charge is -2.54. The van der Waals surface area contributed by atoms with E-state index < -0.39 is 0 Å². The number of methoxy groups -OCH3 is 2. The Morgan fingerprint density at radius 1 is 0.879 bits per heavy atom. The molecule has 3 aromatic rings. The summed E-state index contributed by atoms with van der Waals surface area (Å²) in [5.41, 5.74) is 5.65. The molecule has 4 bridgehead atoms. The number of aromatic amines is 2. The van der Waals surface area contributed by atoms with Gasteiger partial charge in [-0.15, -0.1) is 0 Å². The van der Waals surface area contributed by atoms with Crippen molar-refractivity contribution >= 4 is 6.21 Å². The molecule has 1 aromatic carbocycles. The van der Waals surface area contributed by atoms with Gasteiger partial charge in [0.2, 0.25) is 0 Å². The van der Waals surface area contributed by atoms with Gasteiger partial charge in [0.15, 0.2) is 0 Å². The van der Waals surface area contributed by atoms with Crippen molar-refractivity contribution in [1.29, 1.82) is 0 Å². The summed E-state index contributed by atoms with van der Waals surface area (Å²) in [5.74, 6) is 4.43. The molecule has 4 aliphatic rings. The maximum absolute atomic E-state index is 5.69. The van der Waals surface area contributed by atoms with Gasteiger partial charge >= 0.3 is 0 Å². The number of rotatable bonds is 7. The second-order valence-corrected chi connectivity index (χ2v) is 10.5. The van der Waals surface area contributed by atoms with Crippen LogP contribution in [-0.4, -0.2) is 35.9 Å². The standard InChI is InChI=1S/C28H33N3O2/c1-32-23-6-3-18(4-7-23)12-22-5-8-24(30-22)25-13-27(33-2)26(31-25)17-29-28-14-19-9-20(15-28)11-21(10-19)16-28/h3-8,13,17,19-21,30-31H,9-12,14-16H2,1-2H3. The molecular weight excluding hydrogens is 410 g/mol. The van der Waals surface area contributed by atoms with E-state index in [1.54, 1.807) is 14.2 Å². The highest BCUT2D eigenvalue weighted by atomic mass is 16.5. The molecule has 0 atom stereocenters. The highest BCUT2D eigenvalue weighted by Crippen LogP contribution is 2.57. The minimum atomic E-state index is 0.170. The van der Waals surface area contributed by atoms with Gasteiger partial charge in [0.1, 0.15) is 11.5 Å². The van der Waals surface area contributed by atoms with Gasteiger partial charge in [0.25, 0.3) is 0 Å². The largest absolute Gasteiger partial charge is 0.497 e. The third-order valence-corrected chi connectivity index (χ3v) is 8.09. The number of aromatic nitrogens is 2. The number of nitrogens with zero attached hydrogens (tertiary/aromatic N) is 1. The van der Waals surface area contributed by atoms with Gasteiger partial charge in [-0.1, -0.05) is 12.1 Å². The summed E-state index contributed by atoms with van der Waals surface area (Å²) in [7, 11) is 3.43. The lowest BCUT2D eigenvalue weighted by Crippen LogP contribution is -2.49. The molecule has 4 fully saturated rings. The summed E-state index contributed by atoms with van der Waals surface area (Å²) in [6, 6.07) is 14.6. The van der Waals surface area contributed by atoms with Crippen LogP contribution in [0.2, 0.25) is 0 Å². The normalized spacial score (nSPS) is 28.0. The van der Waals surface area contributed by atoms with E-state index in [1.807, 2.05) is 12.1 Å². The van der Waals surface area contributed by atoms with Crippen LogP contribution in [0.3, 0.4) is 0 Å². The zero-order chi connectivity index (χ0) is 22.4. The Morgan fingerprint density at radius 2 is 1.58 bits per heavy atom. The summed E-state index contributed by atoms with van der Waals surface area (Å²) < 4.78 is 11.0. The first-order valence-electron chi connectivity index (χ1n) is 12.2. The third-order valence-electron chi connectivity index (χ3n) is 8.09. The van der Waals surface area contributed by atoms with Gasteiger partial charge in [0.05, 0.1) is 36.8 Å². The molecule has 5 nitrogen and oxygen atoms in total. The van der Waals surface area contributed by atoms with Crippen LogP contribution < -0.4 is 9.47 Å². The number of hydrogen-bond donors (Lipinski definition) is 2. The molecular formula is C28H33N3O2. The molecule has 4 aliphatic carbocycles. The number of ether oxygens (including phenoxy) is 2. The van der Waals surface area contributed by atoms with Crippen LogP contribution in [0.4, 0.5) is 0 Å². The van der Waals surface area contributed by atoms with Crippen LogP contribution in [-0.2, 0) is 6.42 Å². The van der Waals surface area contributed by atoms with Gasteiger partial charge in [-0.3, -0.25) is 4.99 Å². The Morgan fingerprint density at radius 3 is 2.21 bits per heavy atom. The molecule has 5 heteroatoms. The SMILES string of the molecule is COc1ccc(Cc2ccc(-c3cc(OC)c(C=NC45CC6CC(CC(C6)C4)C5)[nH]3)[nH]2)cc1. The number of aliphatic imine (C=N–C) groups is 1. The summed E-state index contributed by atoms with van der Waals surface area (Å²) in [6.07, 6.45) is 11.0. The van der Waals surface area contributed by atoms with Crippen molar-refractivity contribution < 1.29 is 9.47 Å². The average molecular weight is 444 g/mol. The number of benzene rings is 1. The van der Waals surface area contributed by atoms with E-state index in [0.717, 1.165) is 52.8 Å². The summed E-state index contributed by atoms with van der Waals surface area (Å²) in [5, 5.41) is 0. The minimum absolute atomic E-state index is 0.170. The van der Waals surface area contributed by atoms with E-state index in [9.17, 15) is 0 Å². The first-order valence-corrected chi connectivity index (χ1v) is 12.2. The third kappa shape index (κ3) is 3.98. The van der Waals surface area contributed by atoms with E-state index in [2.05, 4.69) is 46.5 Å². The fraction of sp³-hybridized carbons (Fsp3) is 0.464. The van der Waals surface area contributed by atoms with Crippen molar-refractivity contribution in [3.8, 4) is 22.9 Å². The van der Waals surface area contributed by atoms with E-state index >= 15 is 0 Å². The number of H-pyrrole nitrogens is 2. The molecule has 2 heterocycles. The number of nitrogens with one attached hydrogen (secondary N) is 2. The molecule has 0 aliphatic heterocycles. The van der Waals surface area contributed by atoms with Crippen molar-refractivity contribution in [1.82, 2.24) is 9.97 Å². The van der Waals surface area contributed by atoms with Crippen molar-refractivity contribution in [3.05, 3.63) is 59.4 Å². The van der Waals surface area contributed by atoms with E-state index in [4.69, 9.17) is 14.5 Å². The molecule has 2 aromatic heterocycles. The zero-order valence-corrected chi connectivity index (χ0v) is 19.6. The molecule has 33 heavy (non-hydrogen) atoms. The first-order chi connectivity index (χ1) is 16.1. The van der Waals surface area contributed by atoms with Crippen molar-refractivity contribution in [2.75, 3.05) is 14.2 Å². The number of hydrogen-bond acceptors (Lipinski definition) is 3. The predicted molar refractivity (Wildman–Crippen MR) is 131 cm³/mol. The molecule has 172 valence electrons. The molecule has 2 N–H and O–H groups in total. The second kappa shape index (κ2) is 8.12. The van der Waals surface area contributed by atoms with Crippen LogP contribution in [0, 0.1) is 17.8 Å². The zero-order valence-electron chi connectivity index (χ0n) is 19.6. The van der Waals surface area contributed by atoms with Crippen LogP contribution >= 0.6 is 0 Å². The van der Waals surface area contributed by atoms with Crippen LogP contribution in [0.15, 0.2) is 47.5 Å². The minimum Gasteiger partial charge on any atom is -0.497 e. The first kappa shape index (κ1) is 20.6. The molecule has 0 radical (unpaired) electrons. The van der Waals surface area contributed by atoms with Crippen molar-refractivity contribution in [3.63, 3.8) is 0 Å². The Balaban J connectivity index is 1.20. The fourth-order valence-electron chi connectivity index (χ4n) is 6.95. The summed E-state index contributed by atoms with van der Waals surface area (Å²) in [4.78, 5) is 12.3. The van der Waals surface area contributed by atoms with Gasteiger partial charge in [-0.25, -0.2) is 0 Å². The quantitative estimate of drug-likeness (QED) is 0.440. The fourth-order valence-corrected chi connectivity index (χ4v) is 6.95. The monoisotopic (exact) mass is 443 g/mol.